The Hall–Kier alpha value is -1.29. The third kappa shape index (κ3) is 4.37. The van der Waals surface area contributed by atoms with E-state index >= 15 is 0 Å². The lowest BCUT2D eigenvalue weighted by Crippen LogP contribution is -2.41. The van der Waals surface area contributed by atoms with Crippen LogP contribution in [0.1, 0.15) is 40.0 Å². The first-order valence-electron chi connectivity index (χ1n) is 7.76. The molecule has 1 saturated heterocycles. The number of pyridine rings is 1. The maximum atomic E-state index is 5.78. The number of ether oxygens (including phenoxy) is 1. The van der Waals surface area contributed by atoms with Crippen molar-refractivity contribution in [2.75, 3.05) is 25.0 Å². The molecule has 112 valence electrons. The number of likely N-dealkylation sites (tertiary alicyclic amines) is 1. The first kappa shape index (κ1) is 15.1. The monoisotopic (exact) mass is 277 g/mol. The molecule has 0 saturated carbocycles. The maximum Gasteiger partial charge on any atom is 0.168 e. The number of anilines is 1. The van der Waals surface area contributed by atoms with Crippen molar-refractivity contribution in [2.24, 2.45) is 0 Å². The molecule has 1 fully saturated rings. The van der Waals surface area contributed by atoms with Crippen LogP contribution < -0.4 is 10.1 Å². The van der Waals surface area contributed by atoms with Gasteiger partial charge in [0.2, 0.25) is 0 Å². The Kier molecular flexibility index (Phi) is 5.65. The maximum absolute atomic E-state index is 5.78. The van der Waals surface area contributed by atoms with Crippen LogP contribution in [0.3, 0.4) is 0 Å². The third-order valence-corrected chi connectivity index (χ3v) is 3.71. The standard InChI is InChI=1S/C16H27N3O/c1-13(2)20-15-8-7-9-17-16(15)18-12-14(3)19-10-5-4-6-11-19/h7-9,13-14H,4-6,10-12H2,1-3H3,(H,17,18). The number of nitrogens with one attached hydrogen (secondary N) is 1. The highest BCUT2D eigenvalue weighted by molar-refractivity contribution is 5.49. The summed E-state index contributed by atoms with van der Waals surface area (Å²) in [5.74, 6) is 1.69. The lowest BCUT2D eigenvalue weighted by molar-refractivity contribution is 0.180. The molecule has 4 nitrogen and oxygen atoms in total. The molecule has 1 aromatic rings. The van der Waals surface area contributed by atoms with E-state index in [0.29, 0.717) is 6.04 Å². The average Bonchev–Trinajstić information content (AvgIpc) is 2.46. The highest BCUT2D eigenvalue weighted by Crippen LogP contribution is 2.22. The van der Waals surface area contributed by atoms with Gasteiger partial charge in [-0.2, -0.15) is 0 Å². The van der Waals surface area contributed by atoms with Crippen molar-refractivity contribution >= 4 is 5.82 Å². The van der Waals surface area contributed by atoms with Gasteiger partial charge in [-0.3, -0.25) is 4.90 Å². The molecule has 1 N–H and O–H groups in total. The van der Waals surface area contributed by atoms with Crippen molar-refractivity contribution in [3.8, 4) is 5.75 Å². The lowest BCUT2D eigenvalue weighted by Gasteiger charge is -2.32. The molecule has 0 aliphatic carbocycles. The molecule has 4 heteroatoms. The van der Waals surface area contributed by atoms with Crippen LogP contribution in [-0.2, 0) is 0 Å². The quantitative estimate of drug-likeness (QED) is 0.866. The van der Waals surface area contributed by atoms with E-state index in [1.807, 2.05) is 26.0 Å². The largest absolute Gasteiger partial charge is 0.487 e. The zero-order valence-electron chi connectivity index (χ0n) is 12.9. The second kappa shape index (κ2) is 7.48. The number of nitrogens with zero attached hydrogens (tertiary/aromatic N) is 2. The van der Waals surface area contributed by atoms with Gasteiger partial charge in [0.15, 0.2) is 11.6 Å². The van der Waals surface area contributed by atoms with E-state index in [1.165, 1.54) is 32.4 Å². The molecule has 1 aliphatic heterocycles. The molecule has 0 aromatic carbocycles. The Bertz CT molecular complexity index is 402. The second-order valence-corrected chi connectivity index (χ2v) is 5.84. The SMILES string of the molecule is CC(C)Oc1cccnc1NCC(C)N1CCCCC1. The van der Waals surface area contributed by atoms with Crippen LogP contribution in [0.2, 0.25) is 0 Å². The van der Waals surface area contributed by atoms with Gasteiger partial charge in [-0.25, -0.2) is 4.98 Å². The molecule has 1 unspecified atom stereocenters. The summed E-state index contributed by atoms with van der Waals surface area (Å²) in [6.07, 6.45) is 6.01. The molecule has 2 rings (SSSR count). The van der Waals surface area contributed by atoms with Crippen LogP contribution in [0.15, 0.2) is 18.3 Å². The molecule has 0 bridgehead atoms. The molecular weight excluding hydrogens is 250 g/mol. The van der Waals surface area contributed by atoms with E-state index in [-0.39, 0.29) is 6.10 Å². The van der Waals surface area contributed by atoms with Crippen molar-refractivity contribution in [2.45, 2.75) is 52.2 Å². The summed E-state index contributed by atoms with van der Waals surface area (Å²) in [5, 5.41) is 3.44. The number of hydrogen-bond acceptors (Lipinski definition) is 4. The normalized spacial score (nSPS) is 18.0. The summed E-state index contributed by atoms with van der Waals surface area (Å²) < 4.78 is 5.78. The van der Waals surface area contributed by atoms with Crippen LogP contribution >= 0.6 is 0 Å². The molecule has 20 heavy (non-hydrogen) atoms. The van der Waals surface area contributed by atoms with Gasteiger partial charge in [-0.15, -0.1) is 0 Å². The number of rotatable bonds is 6. The van der Waals surface area contributed by atoms with E-state index in [1.54, 1.807) is 6.20 Å². The predicted molar refractivity (Wildman–Crippen MR) is 83.4 cm³/mol. The highest BCUT2D eigenvalue weighted by atomic mass is 16.5. The Morgan fingerprint density at radius 2 is 2.00 bits per heavy atom. The van der Waals surface area contributed by atoms with Crippen LogP contribution in [0.25, 0.3) is 0 Å². The minimum Gasteiger partial charge on any atom is -0.487 e. The molecule has 1 atom stereocenters. The van der Waals surface area contributed by atoms with Gasteiger partial charge in [-0.1, -0.05) is 6.42 Å². The molecule has 1 aliphatic rings. The first-order chi connectivity index (χ1) is 9.66. The summed E-state index contributed by atoms with van der Waals surface area (Å²) in [4.78, 5) is 6.95. The summed E-state index contributed by atoms with van der Waals surface area (Å²) in [6.45, 7) is 9.71. The number of piperidine rings is 1. The number of aromatic nitrogens is 1. The molecule has 2 heterocycles. The van der Waals surface area contributed by atoms with Gasteiger partial charge >= 0.3 is 0 Å². The summed E-state index contributed by atoms with van der Waals surface area (Å²) in [7, 11) is 0. The summed E-state index contributed by atoms with van der Waals surface area (Å²) >= 11 is 0. The van der Waals surface area contributed by atoms with Crippen molar-refractivity contribution < 1.29 is 4.74 Å². The zero-order valence-corrected chi connectivity index (χ0v) is 12.9. The van der Waals surface area contributed by atoms with E-state index in [2.05, 4.69) is 22.1 Å². The van der Waals surface area contributed by atoms with Gasteiger partial charge in [0.05, 0.1) is 6.10 Å². The first-order valence-corrected chi connectivity index (χ1v) is 7.76. The van der Waals surface area contributed by atoms with Gasteiger partial charge in [0.1, 0.15) is 0 Å². The fourth-order valence-electron chi connectivity index (χ4n) is 2.60. The van der Waals surface area contributed by atoms with Gasteiger partial charge in [0, 0.05) is 18.8 Å². The Morgan fingerprint density at radius 3 is 2.70 bits per heavy atom. The smallest absolute Gasteiger partial charge is 0.168 e. The van der Waals surface area contributed by atoms with Crippen molar-refractivity contribution in [3.63, 3.8) is 0 Å². The predicted octanol–water partition coefficient (Wildman–Crippen LogP) is 3.16. The third-order valence-electron chi connectivity index (χ3n) is 3.71. The lowest BCUT2D eigenvalue weighted by atomic mass is 10.1. The molecule has 0 spiro atoms. The van der Waals surface area contributed by atoms with Crippen molar-refractivity contribution in [3.05, 3.63) is 18.3 Å². The van der Waals surface area contributed by atoms with E-state index in [0.717, 1.165) is 18.1 Å². The van der Waals surface area contributed by atoms with Crippen molar-refractivity contribution in [1.29, 1.82) is 0 Å². The van der Waals surface area contributed by atoms with Gasteiger partial charge in [-0.05, 0) is 58.8 Å². The van der Waals surface area contributed by atoms with Crippen LogP contribution in [0, 0.1) is 0 Å². The van der Waals surface area contributed by atoms with Crippen LogP contribution in [-0.4, -0.2) is 41.7 Å². The zero-order chi connectivity index (χ0) is 14.4. The molecule has 0 radical (unpaired) electrons. The summed E-state index contributed by atoms with van der Waals surface area (Å²) in [6, 6.07) is 4.42. The fraction of sp³-hybridized carbons (Fsp3) is 0.688. The highest BCUT2D eigenvalue weighted by Gasteiger charge is 2.17. The van der Waals surface area contributed by atoms with Gasteiger partial charge in [0.25, 0.3) is 0 Å². The van der Waals surface area contributed by atoms with Crippen molar-refractivity contribution in [1.82, 2.24) is 9.88 Å². The van der Waals surface area contributed by atoms with Crippen LogP contribution in [0.4, 0.5) is 5.82 Å². The molecule has 1 aromatic heterocycles. The molecule has 0 amide bonds. The van der Waals surface area contributed by atoms with Crippen LogP contribution in [0.5, 0.6) is 5.75 Å². The minimum atomic E-state index is 0.166. The Labute approximate surface area is 122 Å². The minimum absolute atomic E-state index is 0.166. The topological polar surface area (TPSA) is 37.4 Å². The van der Waals surface area contributed by atoms with Gasteiger partial charge < -0.3 is 10.1 Å². The fourth-order valence-corrected chi connectivity index (χ4v) is 2.60. The Balaban J connectivity index is 1.89. The average molecular weight is 277 g/mol. The molecular formula is C16H27N3O. The Morgan fingerprint density at radius 1 is 1.25 bits per heavy atom. The number of hydrogen-bond donors (Lipinski definition) is 1. The second-order valence-electron chi connectivity index (χ2n) is 5.84. The van der Waals surface area contributed by atoms with E-state index < -0.39 is 0 Å². The van der Waals surface area contributed by atoms with E-state index in [9.17, 15) is 0 Å². The summed E-state index contributed by atoms with van der Waals surface area (Å²) in [5.41, 5.74) is 0. The van der Waals surface area contributed by atoms with E-state index in [4.69, 9.17) is 4.74 Å².